The van der Waals surface area contributed by atoms with E-state index in [0.717, 1.165) is 19.2 Å². The summed E-state index contributed by atoms with van der Waals surface area (Å²) in [5.74, 6) is -4.85. The van der Waals surface area contributed by atoms with E-state index in [4.69, 9.17) is 9.84 Å². The van der Waals surface area contributed by atoms with Gasteiger partial charge in [0.15, 0.2) is 6.10 Å². The molecule has 0 spiro atoms. The van der Waals surface area contributed by atoms with Gasteiger partial charge in [0.2, 0.25) is 13.0 Å². The van der Waals surface area contributed by atoms with Crippen molar-refractivity contribution in [2.24, 2.45) is 0 Å². The normalized spacial score (nSPS) is 24.1. The minimum absolute atomic E-state index is 0.320. The van der Waals surface area contributed by atoms with Crippen molar-refractivity contribution in [2.45, 2.75) is 31.3 Å². The zero-order valence-electron chi connectivity index (χ0n) is 13.3. The summed E-state index contributed by atoms with van der Waals surface area (Å²) in [5.41, 5.74) is -1.21. The van der Waals surface area contributed by atoms with Crippen LogP contribution in [0.15, 0.2) is 17.1 Å². The predicted octanol–water partition coefficient (Wildman–Crippen LogP) is -0.802. The number of rotatable bonds is 5. The first-order chi connectivity index (χ1) is 12.2. The van der Waals surface area contributed by atoms with Crippen LogP contribution in [0, 0.1) is 0 Å². The van der Waals surface area contributed by atoms with Gasteiger partial charge >= 0.3 is 23.7 Å². The maximum absolute atomic E-state index is 14.0. The van der Waals surface area contributed by atoms with Crippen LogP contribution < -0.4 is 11.0 Å². The molecule has 1 aliphatic rings. The van der Waals surface area contributed by atoms with Crippen LogP contribution in [0.25, 0.3) is 0 Å². The van der Waals surface area contributed by atoms with Gasteiger partial charge < -0.3 is 24.4 Å². The number of hydrogen-bond acceptors (Lipinski definition) is 9. The third-order valence-corrected chi connectivity index (χ3v) is 3.32. The molecule has 144 valence electrons. The molecule has 1 aliphatic heterocycles. The zero-order valence-corrected chi connectivity index (χ0v) is 13.3. The molecule has 11 nitrogen and oxygen atoms in total. The van der Waals surface area contributed by atoms with Crippen LogP contribution >= 0.6 is 0 Å². The lowest BCUT2D eigenvalue weighted by Crippen LogP contribution is -2.41. The number of nitrogens with one attached hydrogen (secondary N) is 1. The van der Waals surface area contributed by atoms with Gasteiger partial charge in [0.05, 0.1) is 6.61 Å². The Morgan fingerprint density at radius 3 is 2.69 bits per heavy atom. The van der Waals surface area contributed by atoms with Crippen molar-refractivity contribution in [1.82, 2.24) is 9.55 Å². The first kappa shape index (κ1) is 19.7. The van der Waals surface area contributed by atoms with Crippen molar-refractivity contribution in [2.75, 3.05) is 18.7 Å². The van der Waals surface area contributed by atoms with E-state index in [1.54, 1.807) is 0 Å². The Labute approximate surface area is 144 Å². The number of aliphatic hydroxyl groups is 2. The molecular formula is C13H15F2N3O8. The number of carbonyl (C=O) groups is 2. The average Bonchev–Trinajstić information content (AvgIpc) is 2.77. The number of alkyl halides is 2. The molecule has 0 aromatic carbocycles. The summed E-state index contributed by atoms with van der Waals surface area (Å²) in [6.45, 7) is -0.439. The number of esters is 1. The molecule has 0 unspecified atom stereocenters. The van der Waals surface area contributed by atoms with Gasteiger partial charge in [0.1, 0.15) is 11.9 Å². The minimum atomic E-state index is -3.85. The van der Waals surface area contributed by atoms with E-state index in [9.17, 15) is 28.3 Å². The Balaban J connectivity index is 2.09. The van der Waals surface area contributed by atoms with Crippen molar-refractivity contribution in [1.29, 1.82) is 0 Å². The fourth-order valence-electron chi connectivity index (χ4n) is 2.09. The second kappa shape index (κ2) is 7.72. The number of aliphatic hydroxyl groups excluding tert-OH is 2. The molecule has 3 N–H and O–H groups in total. The Kier molecular flexibility index (Phi) is 5.84. The minimum Gasteiger partial charge on any atom is -0.428 e. The molecule has 2 rings (SSSR count). The highest BCUT2D eigenvalue weighted by Gasteiger charge is 2.59. The van der Waals surface area contributed by atoms with Crippen LogP contribution in [0.3, 0.4) is 0 Å². The quantitative estimate of drug-likeness (QED) is 0.441. The largest absolute Gasteiger partial charge is 0.428 e. The van der Waals surface area contributed by atoms with Gasteiger partial charge in [-0.15, -0.1) is 0 Å². The van der Waals surface area contributed by atoms with E-state index >= 15 is 0 Å². The number of amides is 1. The van der Waals surface area contributed by atoms with Crippen LogP contribution in [-0.2, 0) is 19.0 Å². The van der Waals surface area contributed by atoms with E-state index in [1.165, 1.54) is 0 Å². The first-order valence-corrected chi connectivity index (χ1v) is 7.15. The van der Waals surface area contributed by atoms with E-state index in [-0.39, 0.29) is 5.82 Å². The third kappa shape index (κ3) is 4.12. The molecular weight excluding hydrogens is 364 g/mol. The molecule has 0 aliphatic carbocycles. The maximum Gasteiger partial charge on any atom is 0.415 e. The Bertz CT molecular complexity index is 740. The Morgan fingerprint density at radius 2 is 2.15 bits per heavy atom. The molecule has 0 bridgehead atoms. The highest BCUT2D eigenvalue weighted by atomic mass is 19.3. The number of ether oxygens (including phenoxy) is 3. The average molecular weight is 379 g/mol. The summed E-state index contributed by atoms with van der Waals surface area (Å²) < 4.78 is 42.1. The fraction of sp³-hybridized carbons (Fsp3) is 0.538. The van der Waals surface area contributed by atoms with Crippen molar-refractivity contribution in [3.63, 3.8) is 0 Å². The SMILES string of the molecule is CC(=O)OCOC(=O)Nc1ccn([C@@H]2O[C@@H](CO)[C@@H](O)C2(F)F)c(=O)n1. The topological polar surface area (TPSA) is 149 Å². The number of carbonyl (C=O) groups excluding carboxylic acids is 2. The zero-order chi connectivity index (χ0) is 19.5. The number of nitrogens with zero attached hydrogens (tertiary/aromatic N) is 2. The van der Waals surface area contributed by atoms with Gasteiger partial charge in [0.25, 0.3) is 0 Å². The van der Waals surface area contributed by atoms with Crippen molar-refractivity contribution >= 4 is 17.9 Å². The highest BCUT2D eigenvalue weighted by molar-refractivity contribution is 5.83. The predicted molar refractivity (Wildman–Crippen MR) is 77.2 cm³/mol. The number of halogens is 2. The first-order valence-electron chi connectivity index (χ1n) is 7.15. The third-order valence-electron chi connectivity index (χ3n) is 3.32. The molecule has 1 saturated heterocycles. The van der Waals surface area contributed by atoms with E-state index < -0.39 is 55.5 Å². The molecule has 1 aromatic rings. The summed E-state index contributed by atoms with van der Waals surface area (Å²) in [5, 5.41) is 20.4. The fourth-order valence-corrected chi connectivity index (χ4v) is 2.09. The number of anilines is 1. The van der Waals surface area contributed by atoms with Gasteiger partial charge in [-0.25, -0.2) is 9.59 Å². The maximum atomic E-state index is 14.0. The van der Waals surface area contributed by atoms with Gasteiger partial charge in [-0.2, -0.15) is 13.8 Å². The van der Waals surface area contributed by atoms with Crippen LogP contribution in [0.4, 0.5) is 19.4 Å². The highest BCUT2D eigenvalue weighted by Crippen LogP contribution is 2.41. The van der Waals surface area contributed by atoms with Gasteiger partial charge in [-0.3, -0.25) is 14.7 Å². The second-order valence-corrected chi connectivity index (χ2v) is 5.14. The summed E-state index contributed by atoms with van der Waals surface area (Å²) >= 11 is 0. The van der Waals surface area contributed by atoms with Crippen molar-refractivity contribution < 1.29 is 42.8 Å². The second-order valence-electron chi connectivity index (χ2n) is 5.14. The molecule has 0 saturated carbocycles. The van der Waals surface area contributed by atoms with Crippen LogP contribution in [0.1, 0.15) is 13.2 Å². The molecule has 2 heterocycles. The molecule has 0 radical (unpaired) electrons. The molecule has 1 amide bonds. The summed E-state index contributed by atoms with van der Waals surface area (Å²) in [4.78, 5) is 37.2. The molecule has 26 heavy (non-hydrogen) atoms. The molecule has 13 heteroatoms. The smallest absolute Gasteiger partial charge is 0.415 e. The van der Waals surface area contributed by atoms with Gasteiger partial charge in [-0.1, -0.05) is 0 Å². The van der Waals surface area contributed by atoms with E-state index in [2.05, 4.69) is 14.5 Å². The number of hydrogen-bond donors (Lipinski definition) is 3. The Hall–Kier alpha value is -2.64. The molecule has 1 fully saturated rings. The molecule has 1 aromatic heterocycles. The monoisotopic (exact) mass is 379 g/mol. The van der Waals surface area contributed by atoms with Crippen molar-refractivity contribution in [3.8, 4) is 0 Å². The lowest BCUT2D eigenvalue weighted by Gasteiger charge is -2.21. The molecule has 3 atom stereocenters. The lowest BCUT2D eigenvalue weighted by atomic mass is 10.1. The van der Waals surface area contributed by atoms with Crippen molar-refractivity contribution in [3.05, 3.63) is 22.7 Å². The summed E-state index contributed by atoms with van der Waals surface area (Å²) in [6, 6.07) is 1.01. The summed E-state index contributed by atoms with van der Waals surface area (Å²) in [7, 11) is 0. The standard InChI is InChI=1S/C13H15F2N3O8/c1-6(20)24-5-25-12(23)17-8-2-3-18(11(22)16-8)10-13(14,15)9(21)7(4-19)26-10/h2-3,7,9-10,19,21H,4-5H2,1H3,(H,16,17,22,23)/t7-,9+,10+/m0/s1. The van der Waals surface area contributed by atoms with Gasteiger partial charge in [0, 0.05) is 13.1 Å². The lowest BCUT2D eigenvalue weighted by molar-refractivity contribution is -0.148. The number of aromatic nitrogens is 2. The van der Waals surface area contributed by atoms with Gasteiger partial charge in [-0.05, 0) is 6.07 Å². The van der Waals surface area contributed by atoms with Crippen LogP contribution in [0.2, 0.25) is 0 Å². The Morgan fingerprint density at radius 1 is 1.46 bits per heavy atom. The summed E-state index contributed by atoms with van der Waals surface area (Å²) in [6.07, 6.45) is -6.30. The van der Waals surface area contributed by atoms with Crippen LogP contribution in [-0.4, -0.2) is 63.4 Å². The van der Waals surface area contributed by atoms with E-state index in [1.807, 2.05) is 5.32 Å². The van der Waals surface area contributed by atoms with Crippen LogP contribution in [0.5, 0.6) is 0 Å². The van der Waals surface area contributed by atoms with E-state index in [0.29, 0.717) is 4.57 Å².